The van der Waals surface area contributed by atoms with Crippen LogP contribution in [0.1, 0.15) is 44.9 Å². The van der Waals surface area contributed by atoms with Crippen molar-refractivity contribution in [3.8, 4) is 0 Å². The van der Waals surface area contributed by atoms with Gasteiger partial charge < -0.3 is 20.0 Å². The van der Waals surface area contributed by atoms with Gasteiger partial charge in [0, 0.05) is 50.5 Å². The Hall–Kier alpha value is -2.57. The van der Waals surface area contributed by atoms with Crippen molar-refractivity contribution in [1.29, 1.82) is 0 Å². The number of amides is 4. The summed E-state index contributed by atoms with van der Waals surface area (Å²) in [4.78, 5) is 43.2. The second-order valence-electron chi connectivity index (χ2n) is 8.30. The summed E-state index contributed by atoms with van der Waals surface area (Å²) in [5, 5.41) is 3.01. The lowest BCUT2D eigenvalue weighted by Gasteiger charge is -2.34. The van der Waals surface area contributed by atoms with Crippen LogP contribution in [0.5, 0.6) is 0 Å². The normalized spacial score (nSPS) is 22.7. The van der Waals surface area contributed by atoms with E-state index in [1.54, 1.807) is 4.90 Å². The highest BCUT2D eigenvalue weighted by Gasteiger charge is 2.31. The molecule has 4 rings (SSSR count). The van der Waals surface area contributed by atoms with E-state index in [-0.39, 0.29) is 23.8 Å². The Balaban J connectivity index is 1.38. The van der Waals surface area contributed by atoms with Crippen LogP contribution in [0.15, 0.2) is 24.3 Å². The molecule has 0 aromatic heterocycles. The van der Waals surface area contributed by atoms with Crippen LogP contribution in [0.25, 0.3) is 0 Å². The van der Waals surface area contributed by atoms with Gasteiger partial charge in [-0.25, -0.2) is 4.79 Å². The Bertz CT molecular complexity index is 775. The first-order valence-corrected chi connectivity index (χ1v) is 10.9. The van der Waals surface area contributed by atoms with Gasteiger partial charge in [0.15, 0.2) is 0 Å². The van der Waals surface area contributed by atoms with Crippen LogP contribution in [-0.4, -0.2) is 60.4 Å². The van der Waals surface area contributed by atoms with E-state index in [4.69, 9.17) is 0 Å². The summed E-state index contributed by atoms with van der Waals surface area (Å²) in [6.07, 6.45) is 6.31. The SMILES string of the molecule is O=C(Nc1cccc(N2CCCCC2=O)c1)[C@@H]1CCCN(C(=O)N2CCCC2)C1. The molecule has 0 unspecified atom stereocenters. The number of piperidine rings is 2. The molecular weight excluding hydrogens is 368 g/mol. The van der Waals surface area contributed by atoms with Gasteiger partial charge in [-0.3, -0.25) is 9.59 Å². The Morgan fingerprint density at radius 3 is 2.48 bits per heavy atom. The first-order chi connectivity index (χ1) is 14.1. The van der Waals surface area contributed by atoms with Crippen LogP contribution in [0, 0.1) is 5.92 Å². The third kappa shape index (κ3) is 4.54. The Morgan fingerprint density at radius 1 is 0.931 bits per heavy atom. The van der Waals surface area contributed by atoms with Crippen LogP contribution in [-0.2, 0) is 9.59 Å². The number of benzene rings is 1. The first-order valence-electron chi connectivity index (χ1n) is 10.9. The number of rotatable bonds is 3. The van der Waals surface area contributed by atoms with Crippen molar-refractivity contribution >= 4 is 29.2 Å². The van der Waals surface area contributed by atoms with Gasteiger partial charge in [-0.1, -0.05) is 6.07 Å². The van der Waals surface area contributed by atoms with E-state index in [9.17, 15) is 14.4 Å². The topological polar surface area (TPSA) is 73.0 Å². The van der Waals surface area contributed by atoms with Crippen molar-refractivity contribution in [2.75, 3.05) is 42.9 Å². The van der Waals surface area contributed by atoms with Crippen molar-refractivity contribution in [2.45, 2.75) is 44.9 Å². The van der Waals surface area contributed by atoms with Crippen LogP contribution in [0.3, 0.4) is 0 Å². The minimum absolute atomic E-state index is 0.0500. The summed E-state index contributed by atoms with van der Waals surface area (Å²) in [6, 6.07) is 7.58. The molecule has 0 aliphatic carbocycles. The molecule has 0 bridgehead atoms. The zero-order chi connectivity index (χ0) is 20.2. The number of anilines is 2. The summed E-state index contributed by atoms with van der Waals surface area (Å²) < 4.78 is 0. The minimum atomic E-state index is -0.199. The number of urea groups is 1. The summed E-state index contributed by atoms with van der Waals surface area (Å²) in [7, 11) is 0. The fourth-order valence-corrected chi connectivity index (χ4v) is 4.55. The van der Waals surface area contributed by atoms with E-state index in [0.29, 0.717) is 18.7 Å². The van der Waals surface area contributed by atoms with Gasteiger partial charge in [0.2, 0.25) is 11.8 Å². The maximum atomic E-state index is 12.9. The molecule has 3 aliphatic rings. The predicted molar refractivity (Wildman–Crippen MR) is 112 cm³/mol. The van der Waals surface area contributed by atoms with Crippen molar-refractivity contribution in [3.63, 3.8) is 0 Å². The highest BCUT2D eigenvalue weighted by molar-refractivity contribution is 5.96. The van der Waals surface area contributed by atoms with E-state index in [1.807, 2.05) is 34.1 Å². The molecule has 4 amide bonds. The number of carbonyl (C=O) groups excluding carboxylic acids is 3. The van der Waals surface area contributed by atoms with Crippen molar-refractivity contribution in [1.82, 2.24) is 9.80 Å². The second-order valence-corrected chi connectivity index (χ2v) is 8.30. The fourth-order valence-electron chi connectivity index (χ4n) is 4.55. The summed E-state index contributed by atoms with van der Waals surface area (Å²) in [5.41, 5.74) is 1.54. The van der Waals surface area contributed by atoms with E-state index in [2.05, 4.69) is 5.32 Å². The zero-order valence-corrected chi connectivity index (χ0v) is 16.9. The molecular formula is C22H30N4O3. The highest BCUT2D eigenvalue weighted by atomic mass is 16.2. The number of carbonyl (C=O) groups is 3. The molecule has 1 aromatic carbocycles. The molecule has 1 N–H and O–H groups in total. The molecule has 3 saturated heterocycles. The van der Waals surface area contributed by atoms with E-state index in [1.165, 1.54) is 0 Å². The van der Waals surface area contributed by atoms with Crippen LogP contribution in [0.4, 0.5) is 16.2 Å². The molecule has 1 aromatic rings. The molecule has 3 heterocycles. The summed E-state index contributed by atoms with van der Waals surface area (Å²) in [6.45, 7) is 3.59. The van der Waals surface area contributed by atoms with Gasteiger partial charge in [-0.2, -0.15) is 0 Å². The number of hydrogen-bond donors (Lipinski definition) is 1. The van der Waals surface area contributed by atoms with Crippen molar-refractivity contribution in [2.24, 2.45) is 5.92 Å². The maximum absolute atomic E-state index is 12.9. The van der Waals surface area contributed by atoms with Gasteiger partial charge in [-0.05, 0) is 56.7 Å². The number of nitrogens with one attached hydrogen (secondary N) is 1. The van der Waals surface area contributed by atoms with Gasteiger partial charge in [-0.15, -0.1) is 0 Å². The zero-order valence-electron chi connectivity index (χ0n) is 16.9. The molecule has 156 valence electrons. The standard InChI is InChI=1S/C22H30N4O3/c27-20-10-1-2-14-26(20)19-9-5-8-18(15-19)23-21(28)17-7-6-13-25(16-17)22(29)24-11-3-4-12-24/h5,8-9,15,17H,1-4,6-7,10-14,16H2,(H,23,28)/t17-/m1/s1. The largest absolute Gasteiger partial charge is 0.326 e. The average Bonchev–Trinajstić information content (AvgIpc) is 3.29. The lowest BCUT2D eigenvalue weighted by atomic mass is 9.97. The molecule has 7 heteroatoms. The fraction of sp³-hybridized carbons (Fsp3) is 0.591. The quantitative estimate of drug-likeness (QED) is 0.850. The predicted octanol–water partition coefficient (Wildman–Crippen LogP) is 3.07. The number of hydrogen-bond acceptors (Lipinski definition) is 3. The van der Waals surface area contributed by atoms with E-state index < -0.39 is 0 Å². The van der Waals surface area contributed by atoms with Crippen LogP contribution < -0.4 is 10.2 Å². The summed E-state index contributed by atoms with van der Waals surface area (Å²) in [5.74, 6) is -0.107. The van der Waals surface area contributed by atoms with E-state index >= 15 is 0 Å². The third-order valence-electron chi connectivity index (χ3n) is 6.19. The molecule has 3 aliphatic heterocycles. The van der Waals surface area contributed by atoms with Crippen LogP contribution in [0.2, 0.25) is 0 Å². The van der Waals surface area contributed by atoms with Gasteiger partial charge >= 0.3 is 6.03 Å². The molecule has 7 nitrogen and oxygen atoms in total. The lowest BCUT2D eigenvalue weighted by molar-refractivity contribution is -0.121. The minimum Gasteiger partial charge on any atom is -0.326 e. The maximum Gasteiger partial charge on any atom is 0.320 e. The molecule has 0 saturated carbocycles. The first kappa shape index (κ1) is 19.7. The second kappa shape index (κ2) is 8.84. The van der Waals surface area contributed by atoms with Crippen LogP contribution >= 0.6 is 0 Å². The third-order valence-corrected chi connectivity index (χ3v) is 6.19. The Kier molecular flexibility index (Phi) is 6.02. The smallest absolute Gasteiger partial charge is 0.320 e. The van der Waals surface area contributed by atoms with Crippen molar-refractivity contribution < 1.29 is 14.4 Å². The number of nitrogens with zero attached hydrogens (tertiary/aromatic N) is 3. The van der Waals surface area contributed by atoms with Crippen molar-refractivity contribution in [3.05, 3.63) is 24.3 Å². The summed E-state index contributed by atoms with van der Waals surface area (Å²) >= 11 is 0. The monoisotopic (exact) mass is 398 g/mol. The average molecular weight is 399 g/mol. The van der Waals surface area contributed by atoms with Gasteiger partial charge in [0.25, 0.3) is 0 Å². The Labute approximate surface area is 172 Å². The highest BCUT2D eigenvalue weighted by Crippen LogP contribution is 2.25. The van der Waals surface area contributed by atoms with E-state index in [0.717, 1.165) is 70.4 Å². The molecule has 0 spiro atoms. The van der Waals surface area contributed by atoms with Gasteiger partial charge in [0.05, 0.1) is 5.92 Å². The molecule has 29 heavy (non-hydrogen) atoms. The molecule has 1 atom stereocenters. The van der Waals surface area contributed by atoms with Gasteiger partial charge in [0.1, 0.15) is 0 Å². The lowest BCUT2D eigenvalue weighted by Crippen LogP contribution is -2.48. The molecule has 0 radical (unpaired) electrons. The number of likely N-dealkylation sites (tertiary alicyclic amines) is 2. The molecule has 3 fully saturated rings. The Morgan fingerprint density at radius 2 is 1.69 bits per heavy atom.